The molecule has 1 saturated carbocycles. The van der Waals surface area contributed by atoms with Crippen molar-refractivity contribution in [1.29, 1.82) is 0 Å². The minimum atomic E-state index is 0.0292. The minimum absolute atomic E-state index is 0.0292. The molecule has 1 aliphatic heterocycles. The summed E-state index contributed by atoms with van der Waals surface area (Å²) in [7, 11) is 0. The highest BCUT2D eigenvalue weighted by Gasteiger charge is 2.32. The fourth-order valence-electron chi connectivity index (χ4n) is 4.50. The van der Waals surface area contributed by atoms with E-state index in [1.165, 1.54) is 18.4 Å². The summed E-state index contributed by atoms with van der Waals surface area (Å²) in [5.41, 5.74) is 8.64. The van der Waals surface area contributed by atoms with Crippen molar-refractivity contribution in [2.45, 2.75) is 50.3 Å². The van der Waals surface area contributed by atoms with Crippen LogP contribution in [-0.4, -0.2) is 42.6 Å². The summed E-state index contributed by atoms with van der Waals surface area (Å²) in [4.78, 5) is 14.7. The number of para-hydroxylation sites is 1. The summed E-state index contributed by atoms with van der Waals surface area (Å²) < 4.78 is 6.17. The molecule has 1 saturated heterocycles. The third kappa shape index (κ3) is 5.17. The molecule has 0 unspecified atom stereocenters. The number of likely N-dealkylation sites (tertiary alicyclic amines) is 1. The van der Waals surface area contributed by atoms with Gasteiger partial charge in [-0.25, -0.2) is 0 Å². The third-order valence-corrected chi connectivity index (χ3v) is 6.08. The number of hydrogen-bond acceptors (Lipinski definition) is 4. The van der Waals surface area contributed by atoms with Gasteiger partial charge in [-0.05, 0) is 37.3 Å². The van der Waals surface area contributed by atoms with Gasteiger partial charge in [0.1, 0.15) is 5.75 Å². The van der Waals surface area contributed by atoms with E-state index in [-0.39, 0.29) is 17.9 Å². The highest BCUT2D eigenvalue weighted by molar-refractivity contribution is 5.78. The van der Waals surface area contributed by atoms with Crippen molar-refractivity contribution >= 4 is 5.91 Å². The largest absolute Gasteiger partial charge is 0.490 e. The molecular weight excluding hydrogens is 362 g/mol. The number of nitrogens with zero attached hydrogens (tertiary/aromatic N) is 1. The SMILES string of the molecule is N[C@@H]1CN(CC(=O)NCc2ccccc2OC2CCCC2)C[C@H]1c1ccccc1. The zero-order chi connectivity index (χ0) is 20.1. The Balaban J connectivity index is 1.28. The molecule has 154 valence electrons. The number of amides is 1. The van der Waals surface area contributed by atoms with E-state index in [2.05, 4.69) is 22.3 Å². The molecule has 0 aromatic heterocycles. The monoisotopic (exact) mass is 393 g/mol. The fourth-order valence-corrected chi connectivity index (χ4v) is 4.50. The zero-order valence-corrected chi connectivity index (χ0v) is 16.9. The number of hydrogen-bond donors (Lipinski definition) is 2. The van der Waals surface area contributed by atoms with Crippen LogP contribution in [0.1, 0.15) is 42.7 Å². The zero-order valence-electron chi connectivity index (χ0n) is 16.9. The topological polar surface area (TPSA) is 67.6 Å². The summed E-state index contributed by atoms with van der Waals surface area (Å²) in [6, 6.07) is 18.4. The van der Waals surface area contributed by atoms with Crippen LogP contribution in [0, 0.1) is 0 Å². The van der Waals surface area contributed by atoms with Gasteiger partial charge in [0.2, 0.25) is 5.91 Å². The van der Waals surface area contributed by atoms with Crippen LogP contribution in [0.25, 0.3) is 0 Å². The highest BCUT2D eigenvalue weighted by atomic mass is 16.5. The summed E-state index contributed by atoms with van der Waals surface area (Å²) in [6.07, 6.45) is 5.04. The lowest BCUT2D eigenvalue weighted by Crippen LogP contribution is -2.37. The molecule has 29 heavy (non-hydrogen) atoms. The molecule has 2 aromatic rings. The Morgan fingerprint density at radius 1 is 1.03 bits per heavy atom. The van der Waals surface area contributed by atoms with Gasteiger partial charge >= 0.3 is 0 Å². The normalized spacial score (nSPS) is 22.7. The number of nitrogens with two attached hydrogens (primary N) is 1. The maximum atomic E-state index is 12.5. The van der Waals surface area contributed by atoms with Crippen molar-refractivity contribution in [2.75, 3.05) is 19.6 Å². The first-order valence-electron chi connectivity index (χ1n) is 10.7. The van der Waals surface area contributed by atoms with E-state index in [0.29, 0.717) is 19.2 Å². The van der Waals surface area contributed by atoms with Gasteiger partial charge in [0.25, 0.3) is 0 Å². The maximum Gasteiger partial charge on any atom is 0.234 e. The van der Waals surface area contributed by atoms with Crippen LogP contribution >= 0.6 is 0 Å². The molecule has 0 bridgehead atoms. The first kappa shape index (κ1) is 19.9. The Kier molecular flexibility index (Phi) is 6.47. The van der Waals surface area contributed by atoms with Crippen molar-refractivity contribution in [3.63, 3.8) is 0 Å². The van der Waals surface area contributed by atoms with E-state index in [4.69, 9.17) is 10.5 Å². The first-order chi connectivity index (χ1) is 14.2. The average molecular weight is 394 g/mol. The summed E-state index contributed by atoms with van der Waals surface area (Å²) in [5, 5.41) is 3.06. The molecule has 1 aliphatic carbocycles. The van der Waals surface area contributed by atoms with Gasteiger partial charge in [-0.2, -0.15) is 0 Å². The van der Waals surface area contributed by atoms with Gasteiger partial charge in [0.05, 0.1) is 12.6 Å². The number of carbonyl (C=O) groups is 1. The maximum absolute atomic E-state index is 12.5. The van der Waals surface area contributed by atoms with Crippen molar-refractivity contribution < 1.29 is 9.53 Å². The van der Waals surface area contributed by atoms with Crippen LogP contribution in [0.4, 0.5) is 0 Å². The predicted molar refractivity (Wildman–Crippen MR) is 115 cm³/mol. The minimum Gasteiger partial charge on any atom is -0.490 e. The molecule has 0 radical (unpaired) electrons. The standard InChI is InChI=1S/C24H31N3O2/c25-22-16-27(15-21(22)18-8-2-1-3-9-18)17-24(28)26-14-19-10-4-7-13-23(19)29-20-11-5-6-12-20/h1-4,7-10,13,20-22H,5-6,11-12,14-17,25H2,(H,26,28)/t21-,22+/m0/s1. The average Bonchev–Trinajstić information content (AvgIpc) is 3.37. The van der Waals surface area contributed by atoms with E-state index in [0.717, 1.165) is 37.2 Å². The van der Waals surface area contributed by atoms with Crippen molar-refractivity contribution in [3.8, 4) is 5.75 Å². The first-order valence-corrected chi connectivity index (χ1v) is 10.7. The van der Waals surface area contributed by atoms with E-state index in [9.17, 15) is 4.79 Å². The Morgan fingerprint density at radius 2 is 1.76 bits per heavy atom. The second-order valence-corrected chi connectivity index (χ2v) is 8.28. The summed E-state index contributed by atoms with van der Waals surface area (Å²) >= 11 is 0. The Labute approximate surface area is 173 Å². The second-order valence-electron chi connectivity index (χ2n) is 8.28. The molecule has 2 aromatic carbocycles. The highest BCUT2D eigenvalue weighted by Crippen LogP contribution is 2.27. The fraction of sp³-hybridized carbons (Fsp3) is 0.458. The van der Waals surface area contributed by atoms with Gasteiger partial charge < -0.3 is 15.8 Å². The van der Waals surface area contributed by atoms with E-state index < -0.39 is 0 Å². The molecule has 0 spiro atoms. The van der Waals surface area contributed by atoms with Gasteiger partial charge in [-0.15, -0.1) is 0 Å². The van der Waals surface area contributed by atoms with Crippen LogP contribution in [0.3, 0.4) is 0 Å². The number of carbonyl (C=O) groups excluding carboxylic acids is 1. The molecular formula is C24H31N3O2. The Morgan fingerprint density at radius 3 is 2.55 bits per heavy atom. The smallest absolute Gasteiger partial charge is 0.234 e. The van der Waals surface area contributed by atoms with Crippen molar-refractivity contribution in [3.05, 3.63) is 65.7 Å². The summed E-state index contributed by atoms with van der Waals surface area (Å²) in [5.74, 6) is 1.21. The van der Waals surface area contributed by atoms with Gasteiger partial charge in [0, 0.05) is 37.2 Å². The quantitative estimate of drug-likeness (QED) is 0.759. The van der Waals surface area contributed by atoms with Crippen LogP contribution < -0.4 is 15.8 Å². The van der Waals surface area contributed by atoms with Crippen LogP contribution in [0.15, 0.2) is 54.6 Å². The molecule has 2 aliphatic rings. The van der Waals surface area contributed by atoms with E-state index >= 15 is 0 Å². The van der Waals surface area contributed by atoms with Crippen molar-refractivity contribution in [2.24, 2.45) is 5.73 Å². The third-order valence-electron chi connectivity index (χ3n) is 6.08. The molecule has 2 fully saturated rings. The van der Waals surface area contributed by atoms with Crippen LogP contribution in [0.5, 0.6) is 5.75 Å². The van der Waals surface area contributed by atoms with Gasteiger partial charge in [-0.1, -0.05) is 48.5 Å². The lowest BCUT2D eigenvalue weighted by Gasteiger charge is -2.18. The lowest BCUT2D eigenvalue weighted by molar-refractivity contribution is -0.122. The Bertz CT molecular complexity index is 805. The summed E-state index contributed by atoms with van der Waals surface area (Å²) in [6.45, 7) is 2.43. The lowest BCUT2D eigenvalue weighted by atomic mass is 9.95. The molecule has 4 rings (SSSR count). The van der Waals surface area contributed by atoms with Gasteiger partial charge in [-0.3, -0.25) is 9.69 Å². The van der Waals surface area contributed by atoms with Crippen molar-refractivity contribution in [1.82, 2.24) is 10.2 Å². The van der Waals surface area contributed by atoms with Crippen LogP contribution in [0.2, 0.25) is 0 Å². The number of ether oxygens (including phenoxy) is 1. The second kappa shape index (κ2) is 9.42. The molecule has 1 heterocycles. The number of nitrogens with one attached hydrogen (secondary N) is 1. The number of benzene rings is 2. The van der Waals surface area contributed by atoms with E-state index in [1.54, 1.807) is 0 Å². The Hall–Kier alpha value is -2.37. The van der Waals surface area contributed by atoms with E-state index in [1.807, 2.05) is 42.5 Å². The molecule has 5 nitrogen and oxygen atoms in total. The number of rotatable bonds is 7. The molecule has 3 N–H and O–H groups in total. The predicted octanol–water partition coefficient (Wildman–Crippen LogP) is 3.05. The van der Waals surface area contributed by atoms with Gasteiger partial charge in [0.15, 0.2) is 0 Å². The van der Waals surface area contributed by atoms with Crippen LogP contribution in [-0.2, 0) is 11.3 Å². The molecule has 2 atom stereocenters. The molecule has 1 amide bonds. The molecule has 5 heteroatoms.